The Morgan fingerprint density at radius 1 is 0.395 bits per heavy atom. The van der Waals surface area contributed by atoms with Crippen LogP contribution in [0.5, 0.6) is 0 Å². The van der Waals surface area contributed by atoms with Crippen LogP contribution < -0.4 is 9.13 Å². The Kier molecular flexibility index (Phi) is 20.0. The zero-order valence-corrected chi connectivity index (χ0v) is 25.6. The zero-order valence-electron chi connectivity index (χ0n) is 25.6. The smallest absolute Gasteiger partial charge is 0.237 e. The van der Waals surface area contributed by atoms with Gasteiger partial charge in [-0.1, -0.05) is 104 Å². The quantitative estimate of drug-likeness (QED) is 0.0812. The van der Waals surface area contributed by atoms with Gasteiger partial charge < -0.3 is 0 Å². The largest absolute Gasteiger partial charge is 0.243 e. The molecular formula is C34H64N4+2. The normalized spacial score (nSPS) is 11.5. The highest BCUT2D eigenvalue weighted by Gasteiger charge is 2.06. The van der Waals surface area contributed by atoms with Gasteiger partial charge in [0.05, 0.1) is 26.2 Å². The van der Waals surface area contributed by atoms with Gasteiger partial charge >= 0.3 is 0 Å². The van der Waals surface area contributed by atoms with Gasteiger partial charge in [0, 0.05) is 0 Å². The molecule has 0 radical (unpaired) electrons. The van der Waals surface area contributed by atoms with Crippen LogP contribution in [0.25, 0.3) is 0 Å². The highest BCUT2D eigenvalue weighted by molar-refractivity contribution is 4.68. The van der Waals surface area contributed by atoms with Crippen LogP contribution in [0.3, 0.4) is 0 Å². The van der Waals surface area contributed by atoms with Crippen molar-refractivity contribution in [2.24, 2.45) is 0 Å². The van der Waals surface area contributed by atoms with E-state index in [2.05, 4.69) is 69.6 Å². The van der Waals surface area contributed by atoms with Crippen LogP contribution in [-0.2, 0) is 26.2 Å². The van der Waals surface area contributed by atoms with E-state index in [1.807, 2.05) is 0 Å². The van der Waals surface area contributed by atoms with Gasteiger partial charge in [-0.2, -0.15) is 0 Å². The second-order valence-corrected chi connectivity index (χ2v) is 11.8. The average molecular weight is 529 g/mol. The predicted octanol–water partition coefficient (Wildman–Crippen LogP) is 9.19. The van der Waals surface area contributed by atoms with E-state index >= 15 is 0 Å². The van der Waals surface area contributed by atoms with Crippen LogP contribution in [0.15, 0.2) is 37.4 Å². The van der Waals surface area contributed by atoms with Gasteiger partial charge in [0.2, 0.25) is 12.7 Å². The van der Waals surface area contributed by atoms with Crippen molar-refractivity contribution >= 4 is 0 Å². The van der Waals surface area contributed by atoms with Crippen molar-refractivity contribution in [3.8, 4) is 0 Å². The third-order valence-corrected chi connectivity index (χ3v) is 8.11. The number of aryl methyl sites for hydroxylation is 4. The molecule has 218 valence electrons. The highest BCUT2D eigenvalue weighted by Crippen LogP contribution is 2.11. The molecule has 0 fully saturated rings. The Morgan fingerprint density at radius 2 is 0.711 bits per heavy atom. The number of imidazole rings is 2. The lowest BCUT2D eigenvalue weighted by Gasteiger charge is -2.01. The van der Waals surface area contributed by atoms with Gasteiger partial charge in [0.25, 0.3) is 0 Å². The molecule has 0 atom stereocenters. The summed E-state index contributed by atoms with van der Waals surface area (Å²) < 4.78 is 9.54. The third kappa shape index (κ3) is 17.1. The van der Waals surface area contributed by atoms with E-state index in [-0.39, 0.29) is 0 Å². The zero-order chi connectivity index (χ0) is 26.9. The number of hydrogen-bond donors (Lipinski definition) is 0. The molecule has 2 heterocycles. The molecule has 0 bridgehead atoms. The van der Waals surface area contributed by atoms with Crippen molar-refractivity contribution in [2.45, 2.75) is 181 Å². The van der Waals surface area contributed by atoms with Crippen LogP contribution in [-0.4, -0.2) is 9.13 Å². The fraction of sp³-hybridized carbons (Fsp3) is 0.824. The molecule has 0 saturated carbocycles. The minimum Gasteiger partial charge on any atom is -0.237 e. The van der Waals surface area contributed by atoms with E-state index in [9.17, 15) is 0 Å². The molecule has 0 aliphatic rings. The summed E-state index contributed by atoms with van der Waals surface area (Å²) in [4.78, 5) is 0. The topological polar surface area (TPSA) is 17.6 Å². The second-order valence-electron chi connectivity index (χ2n) is 11.8. The number of hydrogen-bond acceptors (Lipinski definition) is 0. The minimum atomic E-state index is 1.16. The van der Waals surface area contributed by atoms with E-state index in [4.69, 9.17) is 0 Å². The summed E-state index contributed by atoms with van der Waals surface area (Å²) >= 11 is 0. The van der Waals surface area contributed by atoms with Crippen LogP contribution in [0.4, 0.5) is 0 Å². The summed E-state index contributed by atoms with van der Waals surface area (Å²) in [6, 6.07) is 0. The first kappa shape index (κ1) is 32.6. The molecule has 2 aromatic rings. The molecule has 0 amide bonds. The first-order chi connectivity index (χ1) is 18.8. The van der Waals surface area contributed by atoms with Gasteiger partial charge in [0.15, 0.2) is 0 Å². The van der Waals surface area contributed by atoms with Gasteiger partial charge in [-0.3, -0.25) is 0 Å². The second kappa shape index (κ2) is 23.3. The number of aromatic nitrogens is 4. The van der Waals surface area contributed by atoms with Crippen LogP contribution in [0.1, 0.15) is 155 Å². The highest BCUT2D eigenvalue weighted by atomic mass is 15.1. The van der Waals surface area contributed by atoms with Gasteiger partial charge in [0.1, 0.15) is 24.8 Å². The van der Waals surface area contributed by atoms with Crippen LogP contribution in [0, 0.1) is 0 Å². The molecule has 38 heavy (non-hydrogen) atoms. The van der Waals surface area contributed by atoms with Crippen molar-refractivity contribution in [1.29, 1.82) is 0 Å². The van der Waals surface area contributed by atoms with Gasteiger partial charge in [-0.15, -0.1) is 0 Å². The van der Waals surface area contributed by atoms with Crippen molar-refractivity contribution in [1.82, 2.24) is 9.13 Å². The monoisotopic (exact) mass is 529 g/mol. The summed E-state index contributed by atoms with van der Waals surface area (Å²) in [6.45, 7) is 9.27. The fourth-order valence-electron chi connectivity index (χ4n) is 5.56. The summed E-state index contributed by atoms with van der Waals surface area (Å²) in [5, 5.41) is 0. The van der Waals surface area contributed by atoms with E-state index in [0.717, 1.165) is 13.1 Å². The van der Waals surface area contributed by atoms with E-state index in [0.29, 0.717) is 0 Å². The Balaban J connectivity index is 1.40. The third-order valence-electron chi connectivity index (χ3n) is 8.11. The first-order valence-electron chi connectivity index (χ1n) is 16.9. The van der Waals surface area contributed by atoms with Crippen molar-refractivity contribution in [3.63, 3.8) is 0 Å². The summed E-state index contributed by atoms with van der Waals surface area (Å²) in [5.41, 5.74) is 0. The molecule has 0 unspecified atom stereocenters. The van der Waals surface area contributed by atoms with Gasteiger partial charge in [-0.05, 0) is 51.4 Å². The number of unbranched alkanes of at least 4 members (excludes halogenated alkanes) is 19. The molecule has 0 saturated heterocycles. The minimum absolute atomic E-state index is 1.16. The molecular weight excluding hydrogens is 464 g/mol. The molecule has 0 aliphatic heterocycles. The Bertz CT molecular complexity index is 698. The molecule has 0 aliphatic carbocycles. The van der Waals surface area contributed by atoms with E-state index < -0.39 is 0 Å². The summed E-state index contributed by atoms with van der Waals surface area (Å²) in [6.07, 6.45) is 44.2. The SMILES string of the molecule is CCCCCCCCCCC[n+]1ccn(CCCCCCn2cc[n+](CCCCCCCCCCC)c2)c1. The molecule has 2 aromatic heterocycles. The lowest BCUT2D eigenvalue weighted by molar-refractivity contribution is -0.697. The fourth-order valence-corrected chi connectivity index (χ4v) is 5.56. The van der Waals surface area contributed by atoms with Crippen molar-refractivity contribution in [2.75, 3.05) is 0 Å². The predicted molar refractivity (Wildman–Crippen MR) is 162 cm³/mol. The maximum absolute atomic E-state index is 2.39. The summed E-state index contributed by atoms with van der Waals surface area (Å²) in [7, 11) is 0. The molecule has 0 N–H and O–H groups in total. The maximum Gasteiger partial charge on any atom is 0.243 e. The lowest BCUT2D eigenvalue weighted by atomic mass is 10.1. The Labute approximate surface area is 236 Å². The van der Waals surface area contributed by atoms with E-state index in [1.54, 1.807) is 0 Å². The standard InChI is InChI=1S/C34H64N4/c1-3-5-7-9-11-13-15-17-21-25-35-29-31-37(33-35)27-23-19-20-24-28-38-32-30-36(34-38)26-22-18-16-14-12-10-8-6-4-2/h29-34H,3-28H2,1-2H3/q+2. The Morgan fingerprint density at radius 3 is 1.08 bits per heavy atom. The van der Waals surface area contributed by atoms with Crippen molar-refractivity contribution in [3.05, 3.63) is 37.4 Å². The number of rotatable bonds is 27. The molecule has 4 nitrogen and oxygen atoms in total. The first-order valence-corrected chi connectivity index (χ1v) is 16.9. The average Bonchev–Trinajstić information content (AvgIpc) is 3.58. The molecule has 4 heteroatoms. The molecule has 0 spiro atoms. The van der Waals surface area contributed by atoms with Gasteiger partial charge in [-0.25, -0.2) is 18.3 Å². The van der Waals surface area contributed by atoms with Crippen LogP contribution in [0.2, 0.25) is 0 Å². The molecule has 0 aromatic carbocycles. The lowest BCUT2D eigenvalue weighted by Crippen LogP contribution is -2.30. The van der Waals surface area contributed by atoms with Crippen molar-refractivity contribution < 1.29 is 9.13 Å². The van der Waals surface area contributed by atoms with Crippen LogP contribution >= 0.6 is 0 Å². The van der Waals surface area contributed by atoms with E-state index in [1.165, 1.54) is 154 Å². The summed E-state index contributed by atoms with van der Waals surface area (Å²) in [5.74, 6) is 0. The molecule has 2 rings (SSSR count). The number of nitrogens with zero attached hydrogens (tertiary/aromatic N) is 4. The maximum atomic E-state index is 2.39. The Hall–Kier alpha value is -1.58.